The van der Waals surface area contributed by atoms with Gasteiger partial charge >= 0.3 is 0 Å². The van der Waals surface area contributed by atoms with Gasteiger partial charge in [-0.1, -0.05) is 33.8 Å². The number of likely N-dealkylation sites (N-methyl/N-ethyl adjacent to an activating group) is 1. The molecule has 144 valence electrons. The van der Waals surface area contributed by atoms with E-state index in [0.717, 1.165) is 12.1 Å². The number of aryl methyl sites for hydroxylation is 1. The van der Waals surface area contributed by atoms with Gasteiger partial charge in [0.05, 0.1) is 18.2 Å². The highest BCUT2D eigenvalue weighted by atomic mass is 16.5. The zero-order valence-corrected chi connectivity index (χ0v) is 17.2. The molecule has 2 aromatic rings. The lowest BCUT2D eigenvalue weighted by Crippen LogP contribution is -2.52. The summed E-state index contributed by atoms with van der Waals surface area (Å²) in [6.45, 7) is 8.70. The number of carbonyl (C=O) groups is 1. The fourth-order valence-corrected chi connectivity index (χ4v) is 3.95. The van der Waals surface area contributed by atoms with Gasteiger partial charge < -0.3 is 19.5 Å². The number of benzene rings is 1. The van der Waals surface area contributed by atoms with Gasteiger partial charge in [-0.15, -0.1) is 0 Å². The van der Waals surface area contributed by atoms with Crippen LogP contribution in [0.5, 0.6) is 0 Å². The van der Waals surface area contributed by atoms with Gasteiger partial charge in [0.15, 0.2) is 0 Å². The Bertz CT molecular complexity index is 751. The van der Waals surface area contributed by atoms with Crippen LogP contribution in [0.4, 0.5) is 5.69 Å². The van der Waals surface area contributed by atoms with Crippen LogP contribution in [0.2, 0.25) is 0 Å². The van der Waals surface area contributed by atoms with Crippen molar-refractivity contribution in [1.82, 2.24) is 9.88 Å². The van der Waals surface area contributed by atoms with Crippen LogP contribution in [0.1, 0.15) is 33.3 Å². The second kappa shape index (κ2) is 8.58. The first-order valence-electron chi connectivity index (χ1n) is 9.53. The lowest BCUT2D eigenvalue weighted by Gasteiger charge is -2.32. The summed E-state index contributed by atoms with van der Waals surface area (Å²) in [5.74, 6) is 0.278. The number of hydrogen-bond donors (Lipinski definition) is 1. The molecule has 1 N–H and O–H groups in total. The fraction of sp³-hybridized carbons (Fsp3) is 0.571. The number of methoxy groups -OCH3 is 1. The Hall–Kier alpha value is -2.01. The molecule has 5 heteroatoms. The zero-order chi connectivity index (χ0) is 19.4. The van der Waals surface area contributed by atoms with Crippen molar-refractivity contribution in [3.8, 4) is 0 Å². The molecule has 0 radical (unpaired) electrons. The van der Waals surface area contributed by atoms with Gasteiger partial charge in [-0.3, -0.25) is 4.79 Å². The third-order valence-electron chi connectivity index (χ3n) is 4.95. The topological polar surface area (TPSA) is 46.5 Å². The van der Waals surface area contributed by atoms with Gasteiger partial charge in [-0.25, -0.2) is 0 Å². The number of amides is 1. The first-order valence-corrected chi connectivity index (χ1v) is 9.53. The molecular formula is C21H33N3O2. The van der Waals surface area contributed by atoms with Gasteiger partial charge in [0.25, 0.3) is 0 Å². The second-order valence-electron chi connectivity index (χ2n) is 7.10. The average molecular weight is 360 g/mol. The summed E-state index contributed by atoms with van der Waals surface area (Å²) in [6.07, 6.45) is 2.94. The molecule has 2 atom stereocenters. The summed E-state index contributed by atoms with van der Waals surface area (Å²) in [4.78, 5) is 15.0. The number of nitrogens with one attached hydrogen (secondary N) is 1. The SMILES string of the molecule is CC.COCC1Cc2cn(C)c3cccc(c23)N(C)[C@@H](C(C)C)C(=O)N1. The largest absolute Gasteiger partial charge is 0.383 e. The Labute approximate surface area is 157 Å². The highest BCUT2D eigenvalue weighted by Gasteiger charge is 2.32. The van der Waals surface area contributed by atoms with Crippen molar-refractivity contribution in [3.05, 3.63) is 30.0 Å². The van der Waals surface area contributed by atoms with Crippen LogP contribution >= 0.6 is 0 Å². The van der Waals surface area contributed by atoms with E-state index in [1.165, 1.54) is 16.5 Å². The minimum Gasteiger partial charge on any atom is -0.383 e. The predicted molar refractivity (Wildman–Crippen MR) is 109 cm³/mol. The average Bonchev–Trinajstić information content (AvgIpc) is 2.93. The van der Waals surface area contributed by atoms with Gasteiger partial charge in [-0.2, -0.15) is 0 Å². The second-order valence-corrected chi connectivity index (χ2v) is 7.10. The van der Waals surface area contributed by atoms with E-state index in [-0.39, 0.29) is 23.9 Å². The number of nitrogens with zero attached hydrogens (tertiary/aromatic N) is 2. The third kappa shape index (κ3) is 3.73. The van der Waals surface area contributed by atoms with Crippen molar-refractivity contribution in [1.29, 1.82) is 0 Å². The fourth-order valence-electron chi connectivity index (χ4n) is 3.95. The molecule has 0 bridgehead atoms. The first kappa shape index (κ1) is 20.3. The lowest BCUT2D eigenvalue weighted by molar-refractivity contribution is -0.124. The zero-order valence-electron chi connectivity index (χ0n) is 17.2. The van der Waals surface area contributed by atoms with Gasteiger partial charge in [0.2, 0.25) is 5.91 Å². The van der Waals surface area contributed by atoms with E-state index in [1.807, 2.05) is 20.9 Å². The maximum absolute atomic E-state index is 12.9. The van der Waals surface area contributed by atoms with Crippen LogP contribution in [0.3, 0.4) is 0 Å². The first-order chi connectivity index (χ1) is 12.4. The standard InChI is InChI=1S/C19H27N3O2.C2H6/c1-12(2)18-19(23)20-14(11-24-5)9-13-10-21(3)15-7-6-8-16(17(13)15)22(18)4;1-2/h6-8,10,12,14,18H,9,11H2,1-5H3,(H,20,23);1-2H3/t14?,18-;/m0./s1. The Morgan fingerprint density at radius 1 is 1.27 bits per heavy atom. The van der Waals surface area contributed by atoms with Crippen molar-refractivity contribution in [3.63, 3.8) is 0 Å². The monoisotopic (exact) mass is 359 g/mol. The number of carbonyl (C=O) groups excluding carboxylic acids is 1. The minimum absolute atomic E-state index is 0.0195. The Balaban J connectivity index is 0.00000117. The van der Waals surface area contributed by atoms with Gasteiger partial charge in [0.1, 0.15) is 6.04 Å². The molecule has 0 spiro atoms. The van der Waals surface area contributed by atoms with E-state index < -0.39 is 0 Å². The Morgan fingerprint density at radius 2 is 1.96 bits per heavy atom. The normalized spacial score (nSPS) is 20.2. The summed E-state index contributed by atoms with van der Waals surface area (Å²) in [5.41, 5.74) is 3.57. The van der Waals surface area contributed by atoms with Crippen LogP contribution in [-0.4, -0.2) is 43.3 Å². The molecule has 0 fully saturated rings. The molecule has 1 amide bonds. The van der Waals surface area contributed by atoms with Crippen molar-refractivity contribution in [2.45, 2.75) is 46.2 Å². The van der Waals surface area contributed by atoms with Crippen molar-refractivity contribution in [2.24, 2.45) is 13.0 Å². The molecule has 0 saturated carbocycles. The Kier molecular flexibility index (Phi) is 6.70. The minimum atomic E-state index is -0.207. The van der Waals surface area contributed by atoms with E-state index in [0.29, 0.717) is 6.61 Å². The molecule has 0 aliphatic carbocycles. The molecule has 26 heavy (non-hydrogen) atoms. The van der Waals surface area contributed by atoms with E-state index in [2.05, 4.69) is 60.1 Å². The van der Waals surface area contributed by atoms with Crippen LogP contribution in [0.15, 0.2) is 24.4 Å². The maximum atomic E-state index is 12.9. The van der Waals surface area contributed by atoms with Gasteiger partial charge in [0, 0.05) is 38.5 Å². The van der Waals surface area contributed by atoms with E-state index in [4.69, 9.17) is 4.74 Å². The van der Waals surface area contributed by atoms with E-state index in [1.54, 1.807) is 7.11 Å². The maximum Gasteiger partial charge on any atom is 0.243 e. The Morgan fingerprint density at radius 3 is 2.58 bits per heavy atom. The molecule has 1 unspecified atom stereocenters. The molecule has 1 aliphatic rings. The van der Waals surface area contributed by atoms with Crippen LogP contribution in [-0.2, 0) is 23.0 Å². The number of anilines is 1. The van der Waals surface area contributed by atoms with Crippen LogP contribution in [0, 0.1) is 5.92 Å². The third-order valence-corrected chi connectivity index (χ3v) is 4.95. The number of hydrogen-bond acceptors (Lipinski definition) is 3. The molecule has 1 aromatic carbocycles. The molecule has 1 aliphatic heterocycles. The molecule has 0 saturated heterocycles. The van der Waals surface area contributed by atoms with Crippen molar-refractivity contribution < 1.29 is 9.53 Å². The summed E-state index contributed by atoms with van der Waals surface area (Å²) < 4.78 is 7.51. The molecule has 1 aromatic heterocycles. The molecule has 5 nitrogen and oxygen atoms in total. The summed E-state index contributed by atoms with van der Waals surface area (Å²) >= 11 is 0. The summed E-state index contributed by atoms with van der Waals surface area (Å²) in [7, 11) is 5.77. The highest BCUT2D eigenvalue weighted by molar-refractivity contribution is 5.98. The number of aromatic nitrogens is 1. The predicted octanol–water partition coefficient (Wildman–Crippen LogP) is 3.35. The number of ether oxygens (including phenoxy) is 1. The van der Waals surface area contributed by atoms with E-state index >= 15 is 0 Å². The van der Waals surface area contributed by atoms with Gasteiger partial charge in [-0.05, 0) is 30.0 Å². The highest BCUT2D eigenvalue weighted by Crippen LogP contribution is 2.34. The molecular weight excluding hydrogens is 326 g/mol. The lowest BCUT2D eigenvalue weighted by atomic mass is 10.0. The van der Waals surface area contributed by atoms with Crippen molar-refractivity contribution in [2.75, 3.05) is 25.7 Å². The molecule has 2 heterocycles. The molecule has 3 rings (SSSR count). The quantitative estimate of drug-likeness (QED) is 0.914. The van der Waals surface area contributed by atoms with Crippen molar-refractivity contribution >= 4 is 22.5 Å². The summed E-state index contributed by atoms with van der Waals surface area (Å²) in [5, 5.41) is 4.44. The summed E-state index contributed by atoms with van der Waals surface area (Å²) in [6, 6.07) is 6.09. The smallest absolute Gasteiger partial charge is 0.243 e. The van der Waals surface area contributed by atoms with Crippen LogP contribution in [0.25, 0.3) is 10.9 Å². The van der Waals surface area contributed by atoms with E-state index in [9.17, 15) is 4.79 Å². The number of rotatable bonds is 3. The van der Waals surface area contributed by atoms with Crippen LogP contribution < -0.4 is 10.2 Å².